The fourth-order valence-electron chi connectivity index (χ4n) is 4.52. The number of aryl methyl sites for hydroxylation is 2. The number of hydrogen-bond acceptors (Lipinski definition) is 6. The molecule has 0 radical (unpaired) electrons. The van der Waals surface area contributed by atoms with Crippen molar-refractivity contribution in [3.05, 3.63) is 100 Å². The number of pyridine rings is 1. The minimum atomic E-state index is -4.35. The van der Waals surface area contributed by atoms with E-state index >= 15 is 0 Å². The molecule has 4 rings (SSSR count). The van der Waals surface area contributed by atoms with E-state index in [2.05, 4.69) is 9.97 Å². The van der Waals surface area contributed by atoms with Crippen molar-refractivity contribution in [1.29, 1.82) is 0 Å². The quantitative estimate of drug-likeness (QED) is 0.315. The van der Waals surface area contributed by atoms with Crippen molar-refractivity contribution >= 4 is 9.84 Å². The average Bonchev–Trinajstić information content (AvgIpc) is 2.89. The molecule has 0 aliphatic rings. The lowest BCUT2D eigenvalue weighted by Crippen LogP contribution is -2.27. The maximum atomic E-state index is 13.7. The van der Waals surface area contributed by atoms with Crippen LogP contribution >= 0.6 is 0 Å². The van der Waals surface area contributed by atoms with Gasteiger partial charge in [0.15, 0.2) is 4.90 Å². The zero-order valence-electron chi connectivity index (χ0n) is 21.3. The average molecular weight is 518 g/mol. The third-order valence-electron chi connectivity index (χ3n) is 6.41. The van der Waals surface area contributed by atoms with E-state index in [-0.39, 0.29) is 10.9 Å². The van der Waals surface area contributed by atoms with Crippen LogP contribution in [0.15, 0.2) is 87.6 Å². The molecule has 7 nitrogen and oxygen atoms in total. The van der Waals surface area contributed by atoms with Crippen LogP contribution < -0.4 is 5.56 Å². The van der Waals surface area contributed by atoms with E-state index in [1.807, 2.05) is 57.2 Å². The molecule has 0 bridgehead atoms. The van der Waals surface area contributed by atoms with Crippen LogP contribution in [0.1, 0.15) is 56.1 Å². The van der Waals surface area contributed by atoms with Gasteiger partial charge in [-0.1, -0.05) is 62.7 Å². The summed E-state index contributed by atoms with van der Waals surface area (Å²) >= 11 is 0. The van der Waals surface area contributed by atoms with Gasteiger partial charge in [-0.15, -0.1) is 0 Å². The summed E-state index contributed by atoms with van der Waals surface area (Å²) < 4.78 is 28.9. The van der Waals surface area contributed by atoms with Crippen LogP contribution in [0.25, 0.3) is 11.1 Å². The highest BCUT2D eigenvalue weighted by Gasteiger charge is 2.31. The van der Waals surface area contributed by atoms with Crippen molar-refractivity contribution < 1.29 is 13.5 Å². The first-order valence-corrected chi connectivity index (χ1v) is 13.9. The second-order valence-electron chi connectivity index (χ2n) is 9.07. The fraction of sp³-hybridized carbons (Fsp3) is 0.276. The second-order valence-corrected chi connectivity index (χ2v) is 11.0. The van der Waals surface area contributed by atoms with Gasteiger partial charge >= 0.3 is 0 Å². The molecule has 37 heavy (non-hydrogen) atoms. The number of rotatable bonds is 9. The normalized spacial score (nSPS) is 12.4. The Morgan fingerprint density at radius 3 is 2.30 bits per heavy atom. The Balaban J connectivity index is 1.85. The van der Waals surface area contributed by atoms with Crippen LogP contribution in [0.4, 0.5) is 0 Å². The Labute approximate surface area is 217 Å². The molecule has 0 saturated carbocycles. The number of sulfone groups is 1. The van der Waals surface area contributed by atoms with Crippen molar-refractivity contribution in [2.75, 3.05) is 0 Å². The van der Waals surface area contributed by atoms with Gasteiger partial charge in [-0.2, -0.15) is 4.98 Å². The monoisotopic (exact) mass is 517 g/mol. The van der Waals surface area contributed by atoms with Gasteiger partial charge in [0.2, 0.25) is 15.7 Å². The summed E-state index contributed by atoms with van der Waals surface area (Å²) in [6.45, 7) is 5.90. The summed E-state index contributed by atoms with van der Waals surface area (Å²) in [6.07, 6.45) is 6.07. The number of hydrogen-bond donors (Lipinski definition) is 1. The molecule has 0 aliphatic carbocycles. The Hall–Kier alpha value is -3.78. The summed E-state index contributed by atoms with van der Waals surface area (Å²) in [6, 6.07) is 17.3. The van der Waals surface area contributed by atoms with Crippen LogP contribution in [0.5, 0.6) is 5.88 Å². The van der Waals surface area contributed by atoms with Gasteiger partial charge in [0.05, 0.1) is 10.9 Å². The molecular weight excluding hydrogens is 486 g/mol. The van der Waals surface area contributed by atoms with Gasteiger partial charge in [0.25, 0.3) is 5.56 Å². The molecule has 0 saturated heterocycles. The van der Waals surface area contributed by atoms with E-state index in [9.17, 15) is 18.3 Å². The molecule has 4 aromatic rings. The van der Waals surface area contributed by atoms with E-state index < -0.39 is 26.2 Å². The number of nitrogens with zero attached hydrogens (tertiary/aromatic N) is 3. The molecule has 0 amide bonds. The summed E-state index contributed by atoms with van der Waals surface area (Å²) in [4.78, 5) is 20.7. The number of unbranched alkanes of at least 4 members (excludes halogenated alkanes) is 1. The van der Waals surface area contributed by atoms with Crippen LogP contribution in [0.2, 0.25) is 0 Å². The standard InChI is InChI=1S/C29H31N3O4S/c1-4-6-12-26-31-28(33)27(29(34)32(26)25(5-2)22-10-8-7-9-11-22)37(35,36)24-15-13-21(14-16-24)23-17-20(3)18-30-19-23/h7-11,13-19,25,34H,4-6,12H2,1-3H3. The fourth-order valence-corrected chi connectivity index (χ4v) is 5.87. The van der Waals surface area contributed by atoms with Crippen LogP contribution in [-0.4, -0.2) is 28.1 Å². The predicted molar refractivity (Wildman–Crippen MR) is 144 cm³/mol. The Morgan fingerprint density at radius 2 is 1.68 bits per heavy atom. The Kier molecular flexibility index (Phi) is 7.88. The van der Waals surface area contributed by atoms with E-state index in [1.54, 1.807) is 24.5 Å². The number of aromatic nitrogens is 3. The van der Waals surface area contributed by atoms with E-state index in [1.165, 1.54) is 16.7 Å². The summed E-state index contributed by atoms with van der Waals surface area (Å²) in [5, 5.41) is 11.4. The van der Waals surface area contributed by atoms with Crippen LogP contribution in [0, 0.1) is 6.92 Å². The lowest BCUT2D eigenvalue weighted by molar-refractivity contribution is 0.358. The largest absolute Gasteiger partial charge is 0.493 e. The minimum Gasteiger partial charge on any atom is -0.493 e. The van der Waals surface area contributed by atoms with Crippen molar-refractivity contribution in [1.82, 2.24) is 14.5 Å². The lowest BCUT2D eigenvalue weighted by Gasteiger charge is -2.25. The highest BCUT2D eigenvalue weighted by Crippen LogP contribution is 2.33. The smallest absolute Gasteiger partial charge is 0.296 e. The zero-order chi connectivity index (χ0) is 26.6. The molecule has 192 valence electrons. The predicted octanol–water partition coefficient (Wildman–Crippen LogP) is 5.49. The molecule has 1 N–H and O–H groups in total. The van der Waals surface area contributed by atoms with Gasteiger partial charge in [0.1, 0.15) is 5.82 Å². The van der Waals surface area contributed by atoms with E-state index in [0.717, 1.165) is 35.1 Å². The topological polar surface area (TPSA) is 102 Å². The Bertz CT molecular complexity index is 1550. The number of aromatic hydroxyl groups is 1. The maximum Gasteiger partial charge on any atom is 0.296 e. The molecule has 0 spiro atoms. The second kappa shape index (κ2) is 11.1. The summed E-state index contributed by atoms with van der Waals surface area (Å²) in [5.41, 5.74) is 2.57. The van der Waals surface area contributed by atoms with Gasteiger partial charge in [-0.25, -0.2) is 8.42 Å². The van der Waals surface area contributed by atoms with Gasteiger partial charge in [0, 0.05) is 24.4 Å². The first-order chi connectivity index (χ1) is 17.8. The van der Waals surface area contributed by atoms with Gasteiger partial charge < -0.3 is 5.11 Å². The molecule has 1 atom stereocenters. The molecule has 8 heteroatoms. The molecule has 2 aromatic carbocycles. The lowest BCUT2D eigenvalue weighted by atomic mass is 10.0. The van der Waals surface area contributed by atoms with Crippen molar-refractivity contribution in [3.8, 4) is 17.0 Å². The van der Waals surface area contributed by atoms with Crippen LogP contribution in [0.3, 0.4) is 0 Å². The molecular formula is C29H31N3O4S. The highest BCUT2D eigenvalue weighted by molar-refractivity contribution is 7.91. The van der Waals surface area contributed by atoms with E-state index in [4.69, 9.17) is 0 Å². The van der Waals surface area contributed by atoms with Gasteiger partial charge in [-0.3, -0.25) is 14.3 Å². The summed E-state index contributed by atoms with van der Waals surface area (Å²) in [7, 11) is -4.35. The zero-order valence-corrected chi connectivity index (χ0v) is 22.1. The third-order valence-corrected chi connectivity index (χ3v) is 8.20. The Morgan fingerprint density at radius 1 is 0.973 bits per heavy atom. The molecule has 0 aliphatic heterocycles. The van der Waals surface area contributed by atoms with Crippen LogP contribution in [-0.2, 0) is 16.3 Å². The van der Waals surface area contributed by atoms with Crippen molar-refractivity contribution in [2.24, 2.45) is 0 Å². The maximum absolute atomic E-state index is 13.7. The molecule has 2 heterocycles. The van der Waals surface area contributed by atoms with Crippen molar-refractivity contribution in [3.63, 3.8) is 0 Å². The SMILES string of the molecule is CCCCc1nc(=O)c(S(=O)(=O)c2ccc(-c3cncc(C)c3)cc2)c(O)n1C(CC)c1ccccc1. The van der Waals surface area contributed by atoms with Gasteiger partial charge in [-0.05, 0) is 54.7 Å². The molecule has 0 fully saturated rings. The third kappa shape index (κ3) is 5.34. The highest BCUT2D eigenvalue weighted by atomic mass is 32.2. The van der Waals surface area contributed by atoms with Crippen molar-refractivity contribution in [2.45, 2.75) is 62.3 Å². The minimum absolute atomic E-state index is 0.0910. The van der Waals surface area contributed by atoms with E-state index in [0.29, 0.717) is 18.7 Å². The summed E-state index contributed by atoms with van der Waals surface area (Å²) in [5.74, 6) is -0.199. The molecule has 1 unspecified atom stereocenters. The molecule has 2 aromatic heterocycles. The number of benzene rings is 2. The first kappa shape index (κ1) is 26.3. The first-order valence-electron chi connectivity index (χ1n) is 12.4.